The largest absolute Gasteiger partial charge is 0.356 e. The fourth-order valence-corrected chi connectivity index (χ4v) is 0.686. The van der Waals surface area contributed by atoms with Crippen molar-refractivity contribution >= 4 is 5.71 Å². The van der Waals surface area contributed by atoms with Gasteiger partial charge < -0.3 is 4.84 Å². The highest BCUT2D eigenvalue weighted by atomic mass is 16.6. The molecule has 1 aliphatic heterocycles. The molecule has 0 aromatic rings. The average Bonchev–Trinajstić information content (AvgIpc) is 1.89. The lowest BCUT2D eigenvalue weighted by Gasteiger charge is -2.01. The maximum atomic E-state index is 4.67. The minimum absolute atomic E-state index is 0.909. The van der Waals surface area contributed by atoms with Crippen LogP contribution in [0.4, 0.5) is 0 Å². The molecule has 0 amide bonds. The molecule has 1 aliphatic rings. The normalized spacial score (nSPS) is 16.2. The summed E-state index contributed by atoms with van der Waals surface area (Å²) < 4.78 is 0. The van der Waals surface area contributed by atoms with E-state index in [9.17, 15) is 0 Å². The first kappa shape index (κ1) is 6.12. The van der Waals surface area contributed by atoms with Crippen LogP contribution in [0.25, 0.3) is 0 Å². The SMILES string of the molecule is CCC1=NOC=C=C1C. The van der Waals surface area contributed by atoms with E-state index >= 15 is 0 Å². The Labute approximate surface area is 54.5 Å². The Balaban J connectivity index is 2.85. The van der Waals surface area contributed by atoms with Crippen molar-refractivity contribution in [2.24, 2.45) is 5.16 Å². The molecular weight excluding hydrogens is 114 g/mol. The first-order valence-corrected chi connectivity index (χ1v) is 2.99. The van der Waals surface area contributed by atoms with Crippen LogP contribution < -0.4 is 0 Å². The van der Waals surface area contributed by atoms with E-state index in [1.807, 2.05) is 13.8 Å². The summed E-state index contributed by atoms with van der Waals surface area (Å²) in [5.41, 5.74) is 4.98. The van der Waals surface area contributed by atoms with E-state index in [0.29, 0.717) is 0 Å². The second-order valence-corrected chi connectivity index (χ2v) is 1.88. The van der Waals surface area contributed by atoms with Gasteiger partial charge in [0.05, 0.1) is 5.71 Å². The van der Waals surface area contributed by atoms with Crippen LogP contribution >= 0.6 is 0 Å². The fraction of sp³-hybridized carbons (Fsp3) is 0.429. The second-order valence-electron chi connectivity index (χ2n) is 1.88. The third-order valence-corrected chi connectivity index (χ3v) is 1.26. The number of allylic oxidation sites excluding steroid dienone is 1. The van der Waals surface area contributed by atoms with Gasteiger partial charge in [0.15, 0.2) is 6.26 Å². The van der Waals surface area contributed by atoms with E-state index < -0.39 is 0 Å². The van der Waals surface area contributed by atoms with Crippen LogP contribution in [0.2, 0.25) is 0 Å². The molecule has 1 rings (SSSR count). The molecule has 48 valence electrons. The molecule has 0 saturated carbocycles. The Morgan fingerprint density at radius 1 is 1.78 bits per heavy atom. The summed E-state index contributed by atoms with van der Waals surface area (Å²) in [5.74, 6) is 0. The lowest BCUT2D eigenvalue weighted by molar-refractivity contribution is 0.265. The first-order chi connectivity index (χ1) is 4.34. The average molecular weight is 123 g/mol. The van der Waals surface area contributed by atoms with Gasteiger partial charge in [-0.15, -0.1) is 0 Å². The van der Waals surface area contributed by atoms with Gasteiger partial charge in [0.25, 0.3) is 0 Å². The molecule has 0 saturated heterocycles. The number of nitrogens with zero attached hydrogens (tertiary/aromatic N) is 1. The van der Waals surface area contributed by atoms with Gasteiger partial charge in [0, 0.05) is 5.57 Å². The Hall–Kier alpha value is -1.01. The summed E-state index contributed by atoms with van der Waals surface area (Å²) in [7, 11) is 0. The Morgan fingerprint density at radius 3 is 3.00 bits per heavy atom. The van der Waals surface area contributed by atoms with Gasteiger partial charge in [-0.3, -0.25) is 0 Å². The third-order valence-electron chi connectivity index (χ3n) is 1.26. The molecular formula is C7H9NO. The van der Waals surface area contributed by atoms with Gasteiger partial charge in [-0.05, 0) is 13.3 Å². The van der Waals surface area contributed by atoms with Crippen molar-refractivity contribution in [1.29, 1.82) is 0 Å². The monoisotopic (exact) mass is 123 g/mol. The lowest BCUT2D eigenvalue weighted by atomic mass is 10.1. The van der Waals surface area contributed by atoms with Crippen molar-refractivity contribution in [3.8, 4) is 0 Å². The summed E-state index contributed by atoms with van der Waals surface area (Å²) in [6.45, 7) is 4.01. The van der Waals surface area contributed by atoms with Crippen LogP contribution in [0.1, 0.15) is 20.3 Å². The maximum absolute atomic E-state index is 4.67. The highest BCUT2D eigenvalue weighted by Gasteiger charge is 2.00. The summed E-state index contributed by atoms with van der Waals surface area (Å²) in [4.78, 5) is 4.67. The topological polar surface area (TPSA) is 21.6 Å². The molecule has 0 unspecified atom stereocenters. The van der Waals surface area contributed by atoms with Gasteiger partial charge in [-0.1, -0.05) is 17.8 Å². The number of rotatable bonds is 1. The zero-order chi connectivity index (χ0) is 6.69. The van der Waals surface area contributed by atoms with Crippen molar-refractivity contribution in [2.45, 2.75) is 20.3 Å². The summed E-state index contributed by atoms with van der Waals surface area (Å²) in [6, 6.07) is 0. The van der Waals surface area contributed by atoms with Crippen LogP contribution in [-0.4, -0.2) is 5.71 Å². The molecule has 0 aromatic heterocycles. The number of oxime groups is 1. The highest BCUT2D eigenvalue weighted by Crippen LogP contribution is 2.03. The van der Waals surface area contributed by atoms with E-state index in [2.05, 4.69) is 15.7 Å². The summed E-state index contributed by atoms with van der Waals surface area (Å²) in [5, 5.41) is 3.79. The Morgan fingerprint density at radius 2 is 2.56 bits per heavy atom. The van der Waals surface area contributed by atoms with E-state index in [0.717, 1.165) is 17.7 Å². The molecule has 2 nitrogen and oxygen atoms in total. The van der Waals surface area contributed by atoms with E-state index in [1.54, 1.807) is 0 Å². The number of hydrogen-bond acceptors (Lipinski definition) is 2. The van der Waals surface area contributed by atoms with Crippen molar-refractivity contribution in [3.63, 3.8) is 0 Å². The van der Waals surface area contributed by atoms with Gasteiger partial charge in [-0.2, -0.15) is 0 Å². The van der Waals surface area contributed by atoms with E-state index in [4.69, 9.17) is 0 Å². The lowest BCUT2D eigenvalue weighted by Crippen LogP contribution is -1.99. The zero-order valence-corrected chi connectivity index (χ0v) is 5.64. The summed E-state index contributed by atoms with van der Waals surface area (Å²) >= 11 is 0. The second kappa shape index (κ2) is 2.51. The van der Waals surface area contributed by atoms with Crippen LogP contribution in [0.3, 0.4) is 0 Å². The first-order valence-electron chi connectivity index (χ1n) is 2.99. The minimum atomic E-state index is 0.909. The molecule has 0 fully saturated rings. The van der Waals surface area contributed by atoms with E-state index in [-0.39, 0.29) is 0 Å². The number of hydrogen-bond donors (Lipinski definition) is 0. The molecule has 9 heavy (non-hydrogen) atoms. The highest BCUT2D eigenvalue weighted by molar-refractivity contribution is 5.99. The molecule has 0 N–H and O–H groups in total. The van der Waals surface area contributed by atoms with Gasteiger partial charge in [0.2, 0.25) is 0 Å². The van der Waals surface area contributed by atoms with Crippen LogP contribution in [0.5, 0.6) is 0 Å². The van der Waals surface area contributed by atoms with Crippen molar-refractivity contribution in [3.05, 3.63) is 17.6 Å². The molecule has 0 aliphatic carbocycles. The minimum Gasteiger partial charge on any atom is -0.356 e. The van der Waals surface area contributed by atoms with Gasteiger partial charge in [-0.25, -0.2) is 0 Å². The predicted octanol–water partition coefficient (Wildman–Crippen LogP) is 1.84. The van der Waals surface area contributed by atoms with Gasteiger partial charge >= 0.3 is 0 Å². The predicted molar refractivity (Wildman–Crippen MR) is 36.1 cm³/mol. The van der Waals surface area contributed by atoms with Crippen LogP contribution in [0.15, 0.2) is 22.7 Å². The maximum Gasteiger partial charge on any atom is 0.164 e. The summed E-state index contributed by atoms with van der Waals surface area (Å²) in [6.07, 6.45) is 2.38. The standard InChI is InChI=1S/C7H9NO/c1-3-7-6(2)4-5-9-8-7/h5H,3H2,1-2H3. The van der Waals surface area contributed by atoms with Crippen molar-refractivity contribution < 1.29 is 4.84 Å². The van der Waals surface area contributed by atoms with Crippen LogP contribution in [0, 0.1) is 0 Å². The molecule has 0 bridgehead atoms. The zero-order valence-electron chi connectivity index (χ0n) is 5.64. The van der Waals surface area contributed by atoms with Gasteiger partial charge in [0.1, 0.15) is 0 Å². The van der Waals surface area contributed by atoms with Crippen molar-refractivity contribution in [2.75, 3.05) is 0 Å². The Bertz CT molecular complexity index is 197. The quantitative estimate of drug-likeness (QED) is 0.487. The molecule has 0 spiro atoms. The molecule has 2 heteroatoms. The van der Waals surface area contributed by atoms with Crippen molar-refractivity contribution in [1.82, 2.24) is 0 Å². The smallest absolute Gasteiger partial charge is 0.164 e. The third kappa shape index (κ3) is 1.21. The molecule has 0 atom stereocenters. The fourth-order valence-electron chi connectivity index (χ4n) is 0.686. The molecule has 0 radical (unpaired) electrons. The Kier molecular flexibility index (Phi) is 1.71. The van der Waals surface area contributed by atoms with E-state index in [1.165, 1.54) is 6.26 Å². The molecule has 0 aromatic carbocycles. The molecule has 1 heterocycles. The van der Waals surface area contributed by atoms with Crippen LogP contribution in [-0.2, 0) is 4.84 Å².